The van der Waals surface area contributed by atoms with Crippen LogP contribution in [0, 0.1) is 12.8 Å². The third kappa shape index (κ3) is 6.83. The average molecular weight is 552 g/mol. The molecule has 2 saturated heterocycles. The highest BCUT2D eigenvalue weighted by molar-refractivity contribution is 6.06. The van der Waals surface area contributed by atoms with Crippen LogP contribution in [0.15, 0.2) is 33.7 Å². The maximum absolute atomic E-state index is 13.6. The molecule has 0 radical (unpaired) electrons. The zero-order valence-corrected chi connectivity index (χ0v) is 23.6. The summed E-state index contributed by atoms with van der Waals surface area (Å²) in [5.41, 5.74) is 1.51. The van der Waals surface area contributed by atoms with Gasteiger partial charge in [0.05, 0.1) is 12.6 Å². The minimum Gasteiger partial charge on any atom is -0.461 e. The van der Waals surface area contributed by atoms with E-state index >= 15 is 0 Å². The first-order chi connectivity index (χ1) is 19.4. The molecule has 1 unspecified atom stereocenters. The maximum atomic E-state index is 13.6. The third-order valence-electron chi connectivity index (χ3n) is 8.34. The van der Waals surface area contributed by atoms with E-state index in [1.54, 1.807) is 12.0 Å². The molecule has 2 aliphatic heterocycles. The number of aryl methyl sites for hydroxylation is 1. The number of carbonyl (C=O) groups excluding carboxylic acids is 3. The number of anilines is 1. The number of guanidine groups is 1. The van der Waals surface area contributed by atoms with E-state index in [-0.39, 0.29) is 42.2 Å². The van der Waals surface area contributed by atoms with Crippen LogP contribution >= 0.6 is 0 Å². The Morgan fingerprint density at radius 1 is 1.02 bits per heavy atom. The normalized spacial score (nSPS) is 24.3. The molecular weight excluding hydrogens is 510 g/mol. The van der Waals surface area contributed by atoms with E-state index in [4.69, 9.17) is 14.1 Å². The predicted molar refractivity (Wildman–Crippen MR) is 153 cm³/mol. The number of amides is 3. The molecule has 1 aromatic carbocycles. The summed E-state index contributed by atoms with van der Waals surface area (Å²) < 4.78 is 11.2. The number of likely N-dealkylation sites (tertiary alicyclic amines) is 2. The van der Waals surface area contributed by atoms with E-state index < -0.39 is 6.04 Å². The number of furan rings is 1. The van der Waals surface area contributed by atoms with Crippen LogP contribution in [0.5, 0.6) is 0 Å². The van der Waals surface area contributed by atoms with Crippen molar-refractivity contribution in [3.05, 3.63) is 30.0 Å². The first-order valence-corrected chi connectivity index (χ1v) is 14.6. The minimum absolute atomic E-state index is 0.00231. The molecule has 3 fully saturated rings. The Morgan fingerprint density at radius 3 is 2.52 bits per heavy atom. The Kier molecular flexibility index (Phi) is 9.04. The number of methoxy groups -OCH3 is 1. The Bertz CT molecular complexity index is 1240. The van der Waals surface area contributed by atoms with Gasteiger partial charge >= 0.3 is 0 Å². The first-order valence-electron chi connectivity index (χ1n) is 14.6. The van der Waals surface area contributed by atoms with Crippen LogP contribution in [0.25, 0.3) is 11.0 Å². The van der Waals surface area contributed by atoms with Crippen LogP contribution in [-0.2, 0) is 19.1 Å². The molecule has 2 aromatic rings. The molecule has 40 heavy (non-hydrogen) atoms. The Labute approximate surface area is 235 Å². The second-order valence-corrected chi connectivity index (χ2v) is 11.3. The van der Waals surface area contributed by atoms with Crippen LogP contribution in [0.4, 0.5) is 5.69 Å². The van der Waals surface area contributed by atoms with Crippen LogP contribution in [0.1, 0.15) is 63.5 Å². The standard InChI is InChI=1S/C30H41N5O5/c1-20-17-22-18-23(10-13-26(22)40-20)31-30(33-28(37)21-8-11-24(39-2)12-9-21)32-25-7-3-4-16-35(29(25)38)19-27(36)34-14-5-6-15-34/h10,13,17-18,21,24-25H,3-9,11-12,14-16,19H2,1-2H3,(H2,31,32,33,37). The second kappa shape index (κ2) is 12.8. The van der Waals surface area contributed by atoms with Crippen molar-refractivity contribution in [1.82, 2.24) is 15.1 Å². The van der Waals surface area contributed by atoms with Crippen molar-refractivity contribution in [3.63, 3.8) is 0 Å². The number of carbonyl (C=O) groups is 3. The topological polar surface area (TPSA) is 116 Å². The van der Waals surface area contributed by atoms with Crippen LogP contribution in [-0.4, -0.2) is 78.9 Å². The van der Waals surface area contributed by atoms with Crippen LogP contribution < -0.4 is 10.6 Å². The number of hydrogen-bond donors (Lipinski definition) is 2. The molecule has 5 rings (SSSR count). The maximum Gasteiger partial charge on any atom is 0.247 e. The molecule has 3 heterocycles. The summed E-state index contributed by atoms with van der Waals surface area (Å²) in [6, 6.07) is 6.95. The van der Waals surface area contributed by atoms with Gasteiger partial charge in [-0.1, -0.05) is 0 Å². The molecule has 0 spiro atoms. The fraction of sp³-hybridized carbons (Fsp3) is 0.600. The molecule has 216 valence electrons. The van der Waals surface area contributed by atoms with Gasteiger partial charge in [0.25, 0.3) is 0 Å². The van der Waals surface area contributed by atoms with Crippen molar-refractivity contribution in [1.29, 1.82) is 0 Å². The average Bonchev–Trinajstić information content (AvgIpc) is 3.59. The summed E-state index contributed by atoms with van der Waals surface area (Å²) >= 11 is 0. The van der Waals surface area contributed by atoms with Gasteiger partial charge in [-0.3, -0.25) is 19.7 Å². The summed E-state index contributed by atoms with van der Waals surface area (Å²) in [6.07, 6.45) is 7.58. The van der Waals surface area contributed by atoms with E-state index in [1.165, 1.54) is 0 Å². The van der Waals surface area contributed by atoms with Gasteiger partial charge in [-0.15, -0.1) is 0 Å². The number of rotatable bonds is 6. The zero-order valence-electron chi connectivity index (χ0n) is 23.6. The lowest BCUT2D eigenvalue weighted by molar-refractivity contribution is -0.140. The van der Waals surface area contributed by atoms with Gasteiger partial charge < -0.3 is 24.3 Å². The number of hydrogen-bond acceptors (Lipinski definition) is 6. The van der Waals surface area contributed by atoms with E-state index in [1.807, 2.05) is 36.1 Å². The minimum atomic E-state index is -0.680. The van der Waals surface area contributed by atoms with Crippen LogP contribution in [0.2, 0.25) is 0 Å². The van der Waals surface area contributed by atoms with Gasteiger partial charge in [-0.05, 0) is 89.0 Å². The van der Waals surface area contributed by atoms with Gasteiger partial charge in [0.2, 0.25) is 23.7 Å². The molecule has 1 aromatic heterocycles. The van der Waals surface area contributed by atoms with Crippen molar-refractivity contribution in [2.75, 3.05) is 38.6 Å². The molecule has 10 nitrogen and oxygen atoms in total. The molecular formula is C30H41N5O5. The fourth-order valence-corrected chi connectivity index (χ4v) is 6.01. The Hall–Kier alpha value is -3.40. The van der Waals surface area contributed by atoms with Gasteiger partial charge in [0.15, 0.2) is 0 Å². The number of nitrogens with one attached hydrogen (secondary N) is 2. The first kappa shape index (κ1) is 28.1. The molecule has 10 heteroatoms. The van der Waals surface area contributed by atoms with E-state index in [2.05, 4.69) is 10.6 Å². The quantitative estimate of drug-likeness (QED) is 0.416. The largest absolute Gasteiger partial charge is 0.461 e. The molecule has 1 atom stereocenters. The number of fused-ring (bicyclic) bond motifs is 1. The van der Waals surface area contributed by atoms with Gasteiger partial charge in [0, 0.05) is 43.7 Å². The summed E-state index contributed by atoms with van der Waals surface area (Å²) in [6.45, 7) is 4.04. The monoisotopic (exact) mass is 551 g/mol. The van der Waals surface area contributed by atoms with Gasteiger partial charge in [-0.25, -0.2) is 4.99 Å². The summed E-state index contributed by atoms with van der Waals surface area (Å²) in [5.74, 6) is 0.649. The summed E-state index contributed by atoms with van der Waals surface area (Å²) in [5, 5.41) is 7.20. The highest BCUT2D eigenvalue weighted by Crippen LogP contribution is 2.27. The van der Waals surface area contributed by atoms with Crippen molar-refractivity contribution in [2.24, 2.45) is 10.9 Å². The number of benzene rings is 1. The van der Waals surface area contributed by atoms with E-state index in [0.29, 0.717) is 13.0 Å². The highest BCUT2D eigenvalue weighted by atomic mass is 16.5. The molecule has 3 amide bonds. The van der Waals surface area contributed by atoms with Crippen molar-refractivity contribution < 1.29 is 23.5 Å². The lowest BCUT2D eigenvalue weighted by Crippen LogP contribution is -2.46. The number of aliphatic imine (C=N–C) groups is 1. The predicted octanol–water partition coefficient (Wildman–Crippen LogP) is 3.83. The lowest BCUT2D eigenvalue weighted by atomic mass is 9.87. The zero-order chi connectivity index (χ0) is 28.1. The molecule has 0 bridgehead atoms. The van der Waals surface area contributed by atoms with Crippen molar-refractivity contribution in [2.45, 2.75) is 76.9 Å². The Morgan fingerprint density at radius 2 is 1.77 bits per heavy atom. The molecule has 2 N–H and O–H groups in total. The third-order valence-corrected chi connectivity index (χ3v) is 8.34. The lowest BCUT2D eigenvalue weighted by Gasteiger charge is -2.27. The molecule has 3 aliphatic rings. The highest BCUT2D eigenvalue weighted by Gasteiger charge is 2.31. The van der Waals surface area contributed by atoms with Gasteiger partial charge in [0.1, 0.15) is 17.4 Å². The smallest absolute Gasteiger partial charge is 0.247 e. The SMILES string of the molecule is COC1CCC(C(=O)NC(=NC2CCCCN(CC(=O)N3CCCC3)C2=O)Nc2ccc3oc(C)cc3c2)CC1. The summed E-state index contributed by atoms with van der Waals surface area (Å²) in [4.78, 5) is 48.0. The van der Waals surface area contributed by atoms with E-state index in [9.17, 15) is 14.4 Å². The van der Waals surface area contributed by atoms with Crippen molar-refractivity contribution in [3.8, 4) is 0 Å². The van der Waals surface area contributed by atoms with Crippen LogP contribution in [0.3, 0.4) is 0 Å². The Balaban J connectivity index is 1.35. The second-order valence-electron chi connectivity index (χ2n) is 11.3. The number of ether oxygens (including phenoxy) is 1. The molecule has 1 aliphatic carbocycles. The fourth-order valence-electron chi connectivity index (χ4n) is 6.01. The molecule has 1 saturated carbocycles. The summed E-state index contributed by atoms with van der Waals surface area (Å²) in [7, 11) is 1.71. The van der Waals surface area contributed by atoms with E-state index in [0.717, 1.165) is 86.9 Å². The van der Waals surface area contributed by atoms with Crippen molar-refractivity contribution >= 4 is 40.3 Å². The van der Waals surface area contributed by atoms with Gasteiger partial charge in [-0.2, -0.15) is 0 Å². The number of nitrogens with zero attached hydrogens (tertiary/aromatic N) is 3.